The number of rotatable bonds is 6. The van der Waals surface area contributed by atoms with Crippen molar-refractivity contribution in [2.45, 2.75) is 88.9 Å². The molecule has 0 saturated heterocycles. The largest absolute Gasteiger partial charge is 0.396 e. The normalized spacial score (nSPS) is 45.2. The minimum absolute atomic E-state index is 0.0294. The Bertz CT molecular complexity index is 631. The van der Waals surface area contributed by atoms with Crippen LogP contribution in [0.15, 0.2) is 11.6 Å². The van der Waals surface area contributed by atoms with Gasteiger partial charge >= 0.3 is 0 Å². The van der Waals surface area contributed by atoms with Crippen molar-refractivity contribution in [3.63, 3.8) is 0 Å². The van der Waals surface area contributed by atoms with E-state index in [0.29, 0.717) is 41.1 Å². The number of aliphatic hydroxyl groups excluding tert-OH is 1. The Kier molecular flexibility index (Phi) is 6.04. The number of ketones is 1. The smallest absolute Gasteiger partial charge is 0.155 e. The van der Waals surface area contributed by atoms with E-state index in [0.717, 1.165) is 57.1 Å². The fourth-order valence-electron chi connectivity index (χ4n) is 8.00. The summed E-state index contributed by atoms with van der Waals surface area (Å²) in [4.78, 5) is 12.1. The van der Waals surface area contributed by atoms with E-state index >= 15 is 0 Å². The number of fused-ring (bicyclic) bond motifs is 5. The number of allylic oxidation sites excluding steroid dienone is 1. The molecule has 0 aromatic carbocycles. The first-order chi connectivity index (χ1) is 13.5. The van der Waals surface area contributed by atoms with E-state index in [-0.39, 0.29) is 12.0 Å². The molecule has 4 aliphatic rings. The Morgan fingerprint density at radius 1 is 1.21 bits per heavy atom. The van der Waals surface area contributed by atoms with Crippen molar-refractivity contribution < 1.29 is 15.0 Å². The lowest BCUT2D eigenvalue weighted by Crippen LogP contribution is -2.56. The van der Waals surface area contributed by atoms with Crippen LogP contribution in [0.25, 0.3) is 0 Å². The molecule has 3 saturated carbocycles. The maximum atomic E-state index is 12.1. The first kappa shape index (κ1) is 20.9. The van der Waals surface area contributed by atoms with Crippen LogP contribution in [-0.4, -0.2) is 39.2 Å². The topological polar surface area (TPSA) is 57.5 Å². The molecule has 4 rings (SSSR count). The predicted molar refractivity (Wildman–Crippen MR) is 115 cm³/mol. The lowest BCUT2D eigenvalue weighted by molar-refractivity contribution is -0.135. The predicted octanol–water partition coefficient (Wildman–Crippen LogP) is 4.75. The number of aliphatic hydroxyl groups is 2. The molecule has 0 amide bonds. The lowest BCUT2D eigenvalue weighted by Gasteiger charge is -2.59. The van der Waals surface area contributed by atoms with Gasteiger partial charge in [-0.15, -0.1) is 0 Å². The van der Waals surface area contributed by atoms with Gasteiger partial charge in [0.05, 0.1) is 5.60 Å². The fourth-order valence-corrected chi connectivity index (χ4v) is 9.35. The highest BCUT2D eigenvalue weighted by Gasteiger charge is 2.64. The van der Waals surface area contributed by atoms with Gasteiger partial charge in [0.1, 0.15) is 0 Å². The van der Waals surface area contributed by atoms with Crippen LogP contribution >= 0.6 is 11.8 Å². The third-order valence-corrected chi connectivity index (χ3v) is 10.3. The van der Waals surface area contributed by atoms with E-state index in [1.54, 1.807) is 0 Å². The van der Waals surface area contributed by atoms with Crippen LogP contribution in [0.1, 0.15) is 78.1 Å². The second-order valence-electron chi connectivity index (χ2n) is 9.82. The van der Waals surface area contributed by atoms with Gasteiger partial charge < -0.3 is 10.2 Å². The standard InChI is InChI=1S/C24H38O3S/c1-3-23-11-8-19-18-7-6-17(26)14-16(18)15-21(28-4-2)22(19)20(23)9-12-24(23,27)10-5-13-25/h14,18-22,25,27H,3-13,15H2,1-2H3/t18-,19+,20-,21+,22+,23-,24-/m0/s1. The van der Waals surface area contributed by atoms with Gasteiger partial charge in [0.15, 0.2) is 5.78 Å². The average Bonchev–Trinajstić information content (AvgIpc) is 2.99. The molecule has 158 valence electrons. The van der Waals surface area contributed by atoms with Gasteiger partial charge in [-0.25, -0.2) is 0 Å². The van der Waals surface area contributed by atoms with E-state index < -0.39 is 5.60 Å². The summed E-state index contributed by atoms with van der Waals surface area (Å²) in [5.41, 5.74) is 0.878. The zero-order valence-corrected chi connectivity index (χ0v) is 18.5. The summed E-state index contributed by atoms with van der Waals surface area (Å²) in [6.07, 6.45) is 11.8. The molecule has 0 heterocycles. The highest BCUT2D eigenvalue weighted by Crippen LogP contribution is 2.68. The van der Waals surface area contributed by atoms with Gasteiger partial charge in [0, 0.05) is 23.7 Å². The first-order valence-electron chi connectivity index (χ1n) is 11.7. The third-order valence-electron chi connectivity index (χ3n) is 9.06. The Morgan fingerprint density at radius 3 is 2.75 bits per heavy atom. The first-order valence-corrected chi connectivity index (χ1v) is 12.7. The van der Waals surface area contributed by atoms with Gasteiger partial charge in [0.25, 0.3) is 0 Å². The van der Waals surface area contributed by atoms with Crippen molar-refractivity contribution in [2.75, 3.05) is 12.4 Å². The quantitative estimate of drug-likeness (QED) is 0.668. The molecule has 0 aromatic heterocycles. The summed E-state index contributed by atoms with van der Waals surface area (Å²) in [6, 6.07) is 0. The molecule has 3 nitrogen and oxygen atoms in total. The van der Waals surface area contributed by atoms with Crippen molar-refractivity contribution in [1.29, 1.82) is 0 Å². The molecule has 7 atom stereocenters. The average molecular weight is 407 g/mol. The maximum absolute atomic E-state index is 12.1. The third kappa shape index (κ3) is 3.13. The summed E-state index contributed by atoms with van der Waals surface area (Å²) in [6.45, 7) is 4.73. The molecular formula is C24H38O3S. The molecule has 0 bridgehead atoms. The summed E-state index contributed by atoms with van der Waals surface area (Å²) < 4.78 is 0. The van der Waals surface area contributed by atoms with Crippen LogP contribution < -0.4 is 0 Å². The lowest BCUT2D eigenvalue weighted by atomic mass is 9.49. The molecule has 3 fully saturated rings. The molecule has 0 aromatic rings. The van der Waals surface area contributed by atoms with Crippen molar-refractivity contribution in [2.24, 2.45) is 29.1 Å². The van der Waals surface area contributed by atoms with Crippen molar-refractivity contribution in [3.8, 4) is 0 Å². The van der Waals surface area contributed by atoms with E-state index in [4.69, 9.17) is 0 Å². The van der Waals surface area contributed by atoms with Gasteiger partial charge in [0.2, 0.25) is 0 Å². The highest BCUT2D eigenvalue weighted by atomic mass is 32.2. The second kappa shape index (κ2) is 8.07. The monoisotopic (exact) mass is 406 g/mol. The summed E-state index contributed by atoms with van der Waals surface area (Å²) in [7, 11) is 0. The van der Waals surface area contributed by atoms with Gasteiger partial charge in [-0.2, -0.15) is 11.8 Å². The minimum Gasteiger partial charge on any atom is -0.396 e. The molecule has 28 heavy (non-hydrogen) atoms. The maximum Gasteiger partial charge on any atom is 0.155 e. The number of carbonyl (C=O) groups excluding carboxylic acids is 1. The van der Waals surface area contributed by atoms with Crippen molar-refractivity contribution >= 4 is 17.5 Å². The molecule has 2 N–H and O–H groups in total. The van der Waals surface area contributed by atoms with E-state index in [1.807, 2.05) is 6.08 Å². The number of hydrogen-bond donors (Lipinski definition) is 2. The van der Waals surface area contributed by atoms with Crippen molar-refractivity contribution in [3.05, 3.63) is 11.6 Å². The van der Waals surface area contributed by atoms with Gasteiger partial charge in [-0.1, -0.05) is 19.4 Å². The molecule has 4 heteroatoms. The summed E-state index contributed by atoms with van der Waals surface area (Å²) >= 11 is 2.10. The van der Waals surface area contributed by atoms with Crippen LogP contribution in [0.5, 0.6) is 0 Å². The number of carbonyl (C=O) groups is 1. The molecular weight excluding hydrogens is 368 g/mol. The fraction of sp³-hybridized carbons (Fsp3) is 0.875. The Hall–Kier alpha value is -0.320. The molecule has 4 aliphatic carbocycles. The van der Waals surface area contributed by atoms with Gasteiger partial charge in [-0.05, 0) is 93.3 Å². The van der Waals surface area contributed by atoms with Crippen LogP contribution in [0.3, 0.4) is 0 Å². The zero-order chi connectivity index (χ0) is 19.9. The number of thioether (sulfide) groups is 1. The molecule has 0 spiro atoms. The van der Waals surface area contributed by atoms with Crippen molar-refractivity contribution in [1.82, 2.24) is 0 Å². The van der Waals surface area contributed by atoms with E-state index in [9.17, 15) is 15.0 Å². The van der Waals surface area contributed by atoms with Crippen LogP contribution in [0.4, 0.5) is 0 Å². The zero-order valence-electron chi connectivity index (χ0n) is 17.7. The van der Waals surface area contributed by atoms with Crippen LogP contribution in [0.2, 0.25) is 0 Å². The van der Waals surface area contributed by atoms with Gasteiger partial charge in [-0.3, -0.25) is 4.79 Å². The molecule has 0 aliphatic heterocycles. The summed E-state index contributed by atoms with van der Waals surface area (Å²) in [5, 5.41) is 21.8. The van der Waals surface area contributed by atoms with Crippen LogP contribution in [0, 0.1) is 29.1 Å². The molecule has 0 radical (unpaired) electrons. The number of hydrogen-bond acceptors (Lipinski definition) is 4. The minimum atomic E-state index is -0.597. The second-order valence-corrected chi connectivity index (χ2v) is 11.3. The Balaban J connectivity index is 1.68. The SMILES string of the molecule is CCS[C@@H]1CC2=CC(=O)CC[C@@H]2[C@H]2CC[C@@]3(CC)[C@@H](CC[C@@]3(O)CCCO)[C@@H]21. The highest BCUT2D eigenvalue weighted by molar-refractivity contribution is 7.99. The van der Waals surface area contributed by atoms with E-state index in [1.165, 1.54) is 12.0 Å². The Morgan fingerprint density at radius 2 is 2.04 bits per heavy atom. The molecule has 0 unspecified atom stereocenters. The summed E-state index contributed by atoms with van der Waals surface area (Å²) in [5.74, 6) is 4.04. The van der Waals surface area contributed by atoms with E-state index in [2.05, 4.69) is 25.6 Å². The Labute approximate surface area is 174 Å². The van der Waals surface area contributed by atoms with Crippen LogP contribution in [-0.2, 0) is 4.79 Å².